The van der Waals surface area contributed by atoms with Crippen LogP contribution in [0.25, 0.3) is 0 Å². The zero-order valence-electron chi connectivity index (χ0n) is 17.0. The van der Waals surface area contributed by atoms with Crippen LogP contribution in [-0.2, 0) is 17.8 Å². The molecule has 31 heavy (non-hydrogen) atoms. The number of aromatic amines is 1. The number of amides is 2. The van der Waals surface area contributed by atoms with Gasteiger partial charge in [-0.1, -0.05) is 19.4 Å². The van der Waals surface area contributed by atoms with Crippen molar-refractivity contribution in [3.8, 4) is 0 Å². The molecule has 0 aliphatic rings. The molecule has 0 aromatic carbocycles. The summed E-state index contributed by atoms with van der Waals surface area (Å²) in [6, 6.07) is 3.48. The van der Waals surface area contributed by atoms with E-state index in [-0.39, 0.29) is 23.8 Å². The van der Waals surface area contributed by atoms with Gasteiger partial charge in [0.2, 0.25) is 5.91 Å². The number of thiophene rings is 1. The number of aromatic nitrogens is 3. The Balaban J connectivity index is 1.74. The van der Waals surface area contributed by atoms with Gasteiger partial charge in [0.1, 0.15) is 5.82 Å². The third-order valence-corrected chi connectivity index (χ3v) is 6.18. The second kappa shape index (κ2) is 9.71. The first-order valence-electron chi connectivity index (χ1n) is 9.50. The van der Waals surface area contributed by atoms with Gasteiger partial charge in [0.05, 0.1) is 17.0 Å². The SMILES string of the molecule is CCCCn1c(N)c(N(C)C(=O)Cc2csc(NC(=O)c3cccs3)n2)c(=O)[nH]c1=O. The summed E-state index contributed by atoms with van der Waals surface area (Å²) in [7, 11) is 1.42. The molecule has 2 amide bonds. The van der Waals surface area contributed by atoms with E-state index in [4.69, 9.17) is 5.73 Å². The van der Waals surface area contributed by atoms with Gasteiger partial charge < -0.3 is 10.6 Å². The average molecular weight is 463 g/mol. The zero-order valence-corrected chi connectivity index (χ0v) is 18.6. The number of nitrogens with zero attached hydrogens (tertiary/aromatic N) is 3. The van der Waals surface area contributed by atoms with Gasteiger partial charge in [-0.25, -0.2) is 9.78 Å². The van der Waals surface area contributed by atoms with Crippen molar-refractivity contribution in [2.24, 2.45) is 0 Å². The highest BCUT2D eigenvalue weighted by Gasteiger charge is 2.22. The van der Waals surface area contributed by atoms with Gasteiger partial charge in [-0.2, -0.15) is 0 Å². The number of nitrogen functional groups attached to an aromatic ring is 1. The van der Waals surface area contributed by atoms with Gasteiger partial charge in [0, 0.05) is 19.0 Å². The molecule has 0 bridgehead atoms. The molecule has 10 nitrogen and oxygen atoms in total. The Labute approximate surface area is 185 Å². The number of nitrogens with one attached hydrogen (secondary N) is 2. The summed E-state index contributed by atoms with van der Waals surface area (Å²) in [4.78, 5) is 57.4. The fourth-order valence-electron chi connectivity index (χ4n) is 2.85. The third kappa shape index (κ3) is 5.09. The summed E-state index contributed by atoms with van der Waals surface area (Å²) in [6.07, 6.45) is 1.44. The molecule has 4 N–H and O–H groups in total. The number of carbonyl (C=O) groups is 2. The van der Waals surface area contributed by atoms with Gasteiger partial charge in [-0.15, -0.1) is 22.7 Å². The second-order valence-electron chi connectivity index (χ2n) is 6.70. The van der Waals surface area contributed by atoms with Crippen LogP contribution in [-0.4, -0.2) is 33.4 Å². The van der Waals surface area contributed by atoms with Gasteiger partial charge in [0.15, 0.2) is 10.8 Å². The molecule has 0 saturated carbocycles. The lowest BCUT2D eigenvalue weighted by Gasteiger charge is -2.20. The maximum absolute atomic E-state index is 12.8. The van der Waals surface area contributed by atoms with E-state index >= 15 is 0 Å². The first kappa shape index (κ1) is 22.4. The molecule has 0 spiro atoms. The summed E-state index contributed by atoms with van der Waals surface area (Å²) in [5.74, 6) is -0.757. The summed E-state index contributed by atoms with van der Waals surface area (Å²) in [5, 5.41) is 6.52. The minimum atomic E-state index is -0.728. The molecule has 3 heterocycles. The number of nitrogens with two attached hydrogens (primary N) is 1. The standard InChI is InChI=1S/C19H22N6O4S2/c1-3-4-7-25-15(20)14(17(28)23-19(25)29)24(2)13(26)9-11-10-31-18(21-11)22-16(27)12-6-5-8-30-12/h5-6,8,10H,3-4,7,9,20H2,1-2H3,(H,21,22,27)(H,23,28,29). The van der Waals surface area contributed by atoms with Crippen molar-refractivity contribution in [2.75, 3.05) is 23.0 Å². The molecule has 3 rings (SSSR count). The first-order valence-corrected chi connectivity index (χ1v) is 11.3. The van der Waals surface area contributed by atoms with Crippen molar-refractivity contribution in [3.63, 3.8) is 0 Å². The third-order valence-electron chi connectivity index (χ3n) is 4.51. The number of rotatable bonds is 8. The first-order chi connectivity index (χ1) is 14.8. The maximum atomic E-state index is 12.8. The van der Waals surface area contributed by atoms with Gasteiger partial charge in [0.25, 0.3) is 11.5 Å². The van der Waals surface area contributed by atoms with Crippen LogP contribution in [0.3, 0.4) is 0 Å². The summed E-state index contributed by atoms with van der Waals surface area (Å²) in [6.45, 7) is 2.31. The highest BCUT2D eigenvalue weighted by Crippen LogP contribution is 2.20. The number of carbonyl (C=O) groups excluding carboxylic acids is 2. The topological polar surface area (TPSA) is 143 Å². The molecule has 3 aromatic rings. The second-order valence-corrected chi connectivity index (χ2v) is 8.51. The van der Waals surface area contributed by atoms with E-state index in [1.54, 1.807) is 22.9 Å². The minimum Gasteiger partial charge on any atom is -0.383 e. The smallest absolute Gasteiger partial charge is 0.330 e. The highest BCUT2D eigenvalue weighted by atomic mass is 32.1. The van der Waals surface area contributed by atoms with Crippen LogP contribution in [0.4, 0.5) is 16.6 Å². The monoisotopic (exact) mass is 462 g/mol. The van der Waals surface area contributed by atoms with E-state index in [2.05, 4.69) is 15.3 Å². The molecule has 0 saturated heterocycles. The van der Waals surface area contributed by atoms with E-state index in [0.29, 0.717) is 28.7 Å². The molecular weight excluding hydrogens is 440 g/mol. The molecule has 12 heteroatoms. The molecular formula is C19H22N6O4S2. The van der Waals surface area contributed by atoms with E-state index in [0.717, 1.165) is 11.3 Å². The van der Waals surface area contributed by atoms with Crippen molar-refractivity contribution in [3.05, 3.63) is 54.3 Å². The Morgan fingerprint density at radius 3 is 2.77 bits per heavy atom. The van der Waals surface area contributed by atoms with Crippen LogP contribution < -0.4 is 27.2 Å². The van der Waals surface area contributed by atoms with E-state index < -0.39 is 17.2 Å². The number of H-pyrrole nitrogens is 1. The predicted octanol–water partition coefficient (Wildman–Crippen LogP) is 1.89. The van der Waals surface area contributed by atoms with Gasteiger partial charge in [-0.05, 0) is 17.9 Å². The summed E-state index contributed by atoms with van der Waals surface area (Å²) < 4.78 is 1.26. The zero-order chi connectivity index (χ0) is 22.5. The number of hydrogen-bond acceptors (Lipinski definition) is 8. The molecule has 0 radical (unpaired) electrons. The van der Waals surface area contributed by atoms with E-state index in [1.807, 2.05) is 6.92 Å². The number of anilines is 3. The number of hydrogen-bond donors (Lipinski definition) is 3. The molecule has 0 aliphatic heterocycles. The summed E-state index contributed by atoms with van der Waals surface area (Å²) >= 11 is 2.51. The largest absolute Gasteiger partial charge is 0.383 e. The average Bonchev–Trinajstić information content (AvgIpc) is 3.40. The Hall–Kier alpha value is -3.25. The molecule has 0 unspecified atom stereocenters. The van der Waals surface area contributed by atoms with Crippen LogP contribution in [0.5, 0.6) is 0 Å². The lowest BCUT2D eigenvalue weighted by atomic mass is 10.3. The fourth-order valence-corrected chi connectivity index (χ4v) is 4.17. The molecule has 0 fully saturated rings. The Kier molecular flexibility index (Phi) is 7.02. The van der Waals surface area contributed by atoms with Crippen LogP contribution in [0.15, 0.2) is 32.5 Å². The lowest BCUT2D eigenvalue weighted by molar-refractivity contribution is -0.117. The fraction of sp³-hybridized carbons (Fsp3) is 0.316. The van der Waals surface area contributed by atoms with Crippen molar-refractivity contribution in [1.29, 1.82) is 0 Å². The highest BCUT2D eigenvalue weighted by molar-refractivity contribution is 7.14. The normalized spacial score (nSPS) is 10.8. The van der Waals surface area contributed by atoms with Crippen molar-refractivity contribution in [1.82, 2.24) is 14.5 Å². The number of thiazole rings is 1. The van der Waals surface area contributed by atoms with Crippen molar-refractivity contribution >= 4 is 51.1 Å². The van der Waals surface area contributed by atoms with Crippen molar-refractivity contribution < 1.29 is 9.59 Å². The molecule has 0 atom stereocenters. The number of unbranched alkanes of at least 4 members (excludes halogenated alkanes) is 1. The maximum Gasteiger partial charge on any atom is 0.330 e. The Morgan fingerprint density at radius 2 is 2.10 bits per heavy atom. The number of likely N-dealkylation sites (N-methyl/N-ethyl adjacent to an activating group) is 1. The van der Waals surface area contributed by atoms with Gasteiger partial charge in [-0.3, -0.25) is 29.3 Å². The molecule has 3 aromatic heterocycles. The van der Waals surface area contributed by atoms with E-state index in [9.17, 15) is 19.2 Å². The summed E-state index contributed by atoms with van der Waals surface area (Å²) in [5.41, 5.74) is 5.08. The molecule has 0 aliphatic carbocycles. The predicted molar refractivity (Wildman–Crippen MR) is 122 cm³/mol. The van der Waals surface area contributed by atoms with Crippen LogP contribution in [0.1, 0.15) is 35.1 Å². The van der Waals surface area contributed by atoms with Crippen LogP contribution in [0, 0.1) is 0 Å². The minimum absolute atomic E-state index is 0.0553. The Bertz CT molecular complexity index is 1190. The van der Waals surface area contributed by atoms with E-state index in [1.165, 1.54) is 34.3 Å². The van der Waals surface area contributed by atoms with Crippen LogP contribution in [0.2, 0.25) is 0 Å². The van der Waals surface area contributed by atoms with Gasteiger partial charge >= 0.3 is 5.69 Å². The lowest BCUT2D eigenvalue weighted by Crippen LogP contribution is -2.39. The Morgan fingerprint density at radius 1 is 1.32 bits per heavy atom. The van der Waals surface area contributed by atoms with Crippen LogP contribution >= 0.6 is 22.7 Å². The quantitative estimate of drug-likeness (QED) is 0.466. The van der Waals surface area contributed by atoms with Crippen molar-refractivity contribution in [2.45, 2.75) is 32.7 Å². The molecule has 164 valence electrons.